The summed E-state index contributed by atoms with van der Waals surface area (Å²) in [6, 6.07) is 3.31. The van der Waals surface area contributed by atoms with E-state index in [1.54, 1.807) is 16.8 Å². The first-order chi connectivity index (χ1) is 9.61. The first kappa shape index (κ1) is 12.8. The number of aromatic nitrogens is 4. The highest BCUT2D eigenvalue weighted by atomic mass is 16.1. The van der Waals surface area contributed by atoms with Gasteiger partial charge in [-0.05, 0) is 25.5 Å². The van der Waals surface area contributed by atoms with E-state index in [4.69, 9.17) is 0 Å². The van der Waals surface area contributed by atoms with Crippen LogP contribution in [0.25, 0.3) is 0 Å². The molecule has 0 unspecified atom stereocenters. The molecule has 0 N–H and O–H groups in total. The molecule has 20 heavy (non-hydrogen) atoms. The van der Waals surface area contributed by atoms with Gasteiger partial charge < -0.3 is 4.90 Å². The SMILES string of the molecule is Cc1cnc(N2CC(Cn3nc(C)ccc3=O)C2)nc1. The van der Waals surface area contributed by atoms with Gasteiger partial charge in [0.25, 0.3) is 5.56 Å². The highest BCUT2D eigenvalue weighted by Crippen LogP contribution is 2.21. The van der Waals surface area contributed by atoms with Crippen LogP contribution in [-0.2, 0) is 6.54 Å². The molecule has 104 valence electrons. The van der Waals surface area contributed by atoms with Crippen LogP contribution in [0.3, 0.4) is 0 Å². The van der Waals surface area contributed by atoms with Gasteiger partial charge >= 0.3 is 0 Å². The van der Waals surface area contributed by atoms with Crippen LogP contribution in [0.1, 0.15) is 11.3 Å². The smallest absolute Gasteiger partial charge is 0.266 e. The largest absolute Gasteiger partial charge is 0.340 e. The Morgan fingerprint density at radius 1 is 1.20 bits per heavy atom. The van der Waals surface area contributed by atoms with Gasteiger partial charge in [0.2, 0.25) is 5.95 Å². The summed E-state index contributed by atoms with van der Waals surface area (Å²) in [5.74, 6) is 1.18. The lowest BCUT2D eigenvalue weighted by Gasteiger charge is -2.39. The number of anilines is 1. The zero-order valence-corrected chi connectivity index (χ0v) is 11.7. The summed E-state index contributed by atoms with van der Waals surface area (Å²) in [7, 11) is 0. The van der Waals surface area contributed by atoms with Gasteiger partial charge in [0, 0.05) is 37.5 Å². The molecular formula is C14H17N5O. The zero-order chi connectivity index (χ0) is 14.1. The van der Waals surface area contributed by atoms with Gasteiger partial charge in [0.1, 0.15) is 0 Å². The molecular weight excluding hydrogens is 254 g/mol. The normalized spacial score (nSPS) is 15.2. The Labute approximate surface area is 117 Å². The van der Waals surface area contributed by atoms with Crippen LogP contribution >= 0.6 is 0 Å². The third-order valence-electron chi connectivity index (χ3n) is 3.44. The van der Waals surface area contributed by atoms with E-state index in [-0.39, 0.29) is 5.56 Å². The summed E-state index contributed by atoms with van der Waals surface area (Å²) >= 11 is 0. The molecule has 1 aliphatic heterocycles. The van der Waals surface area contributed by atoms with Crippen molar-refractivity contribution >= 4 is 5.95 Å². The van der Waals surface area contributed by atoms with Crippen LogP contribution < -0.4 is 10.5 Å². The Kier molecular flexibility index (Phi) is 3.22. The minimum absolute atomic E-state index is 0.0411. The van der Waals surface area contributed by atoms with E-state index in [2.05, 4.69) is 20.0 Å². The van der Waals surface area contributed by atoms with E-state index in [1.807, 2.05) is 26.2 Å². The van der Waals surface area contributed by atoms with E-state index < -0.39 is 0 Å². The predicted molar refractivity (Wildman–Crippen MR) is 75.7 cm³/mol. The molecule has 0 radical (unpaired) electrons. The van der Waals surface area contributed by atoms with Crippen molar-refractivity contribution in [1.29, 1.82) is 0 Å². The lowest BCUT2D eigenvalue weighted by molar-refractivity contribution is 0.330. The van der Waals surface area contributed by atoms with Crippen LogP contribution in [0.4, 0.5) is 5.95 Å². The minimum atomic E-state index is -0.0411. The Morgan fingerprint density at radius 3 is 2.60 bits per heavy atom. The van der Waals surface area contributed by atoms with Crippen molar-refractivity contribution in [2.45, 2.75) is 20.4 Å². The van der Waals surface area contributed by atoms with Gasteiger partial charge in [-0.3, -0.25) is 4.79 Å². The van der Waals surface area contributed by atoms with Crippen molar-refractivity contribution in [1.82, 2.24) is 19.7 Å². The fourth-order valence-corrected chi connectivity index (χ4v) is 2.32. The number of aryl methyl sites for hydroxylation is 2. The zero-order valence-electron chi connectivity index (χ0n) is 11.7. The van der Waals surface area contributed by atoms with Crippen LogP contribution in [0.2, 0.25) is 0 Å². The van der Waals surface area contributed by atoms with E-state index >= 15 is 0 Å². The molecule has 2 aromatic rings. The monoisotopic (exact) mass is 271 g/mol. The third kappa shape index (κ3) is 2.54. The molecule has 0 aromatic carbocycles. The second-order valence-corrected chi connectivity index (χ2v) is 5.33. The lowest BCUT2D eigenvalue weighted by atomic mass is 10.0. The van der Waals surface area contributed by atoms with Gasteiger partial charge in [-0.25, -0.2) is 14.6 Å². The molecule has 6 nitrogen and oxygen atoms in total. The highest BCUT2D eigenvalue weighted by Gasteiger charge is 2.29. The molecule has 0 saturated carbocycles. The van der Waals surface area contributed by atoms with Crippen molar-refractivity contribution in [3.05, 3.63) is 46.1 Å². The van der Waals surface area contributed by atoms with Crippen molar-refractivity contribution in [3.8, 4) is 0 Å². The molecule has 3 rings (SSSR count). The maximum absolute atomic E-state index is 11.7. The maximum Gasteiger partial charge on any atom is 0.266 e. The second-order valence-electron chi connectivity index (χ2n) is 5.33. The standard InChI is InChI=1S/C14H17N5O/c1-10-5-15-14(16-6-10)18-7-12(8-18)9-19-13(20)4-3-11(2)17-19/h3-6,12H,7-9H2,1-2H3. The molecule has 0 atom stereocenters. The van der Waals surface area contributed by atoms with E-state index in [1.165, 1.54) is 0 Å². The molecule has 0 aliphatic carbocycles. The topological polar surface area (TPSA) is 63.9 Å². The third-order valence-corrected chi connectivity index (χ3v) is 3.44. The van der Waals surface area contributed by atoms with Gasteiger partial charge in [0.05, 0.1) is 12.2 Å². The Bertz CT molecular complexity index is 658. The first-order valence-corrected chi connectivity index (χ1v) is 6.70. The van der Waals surface area contributed by atoms with Gasteiger partial charge in [-0.1, -0.05) is 0 Å². The van der Waals surface area contributed by atoms with Crippen LogP contribution in [0, 0.1) is 19.8 Å². The summed E-state index contributed by atoms with van der Waals surface area (Å²) in [4.78, 5) is 22.4. The number of hydrogen-bond acceptors (Lipinski definition) is 5. The van der Waals surface area contributed by atoms with Crippen LogP contribution in [-0.4, -0.2) is 32.8 Å². The van der Waals surface area contributed by atoms with Crippen LogP contribution in [0.15, 0.2) is 29.3 Å². The minimum Gasteiger partial charge on any atom is -0.340 e. The molecule has 1 saturated heterocycles. The fourth-order valence-electron chi connectivity index (χ4n) is 2.32. The maximum atomic E-state index is 11.7. The highest BCUT2D eigenvalue weighted by molar-refractivity contribution is 5.33. The van der Waals surface area contributed by atoms with E-state index in [9.17, 15) is 4.79 Å². The van der Waals surface area contributed by atoms with E-state index in [0.717, 1.165) is 30.3 Å². The molecule has 1 fully saturated rings. The summed E-state index contributed by atoms with van der Waals surface area (Å²) in [6.45, 7) is 6.25. The average Bonchev–Trinajstić information content (AvgIpc) is 2.39. The van der Waals surface area contributed by atoms with E-state index in [0.29, 0.717) is 12.5 Å². The fraction of sp³-hybridized carbons (Fsp3) is 0.429. The summed E-state index contributed by atoms with van der Waals surface area (Å²) < 4.78 is 1.55. The molecule has 2 aromatic heterocycles. The van der Waals surface area contributed by atoms with Crippen LogP contribution in [0.5, 0.6) is 0 Å². The molecule has 6 heteroatoms. The lowest BCUT2D eigenvalue weighted by Crippen LogP contribution is -2.50. The Balaban J connectivity index is 1.62. The molecule has 1 aliphatic rings. The molecule has 0 amide bonds. The first-order valence-electron chi connectivity index (χ1n) is 6.70. The molecule has 0 bridgehead atoms. The van der Waals surface area contributed by atoms with Gasteiger partial charge in [0.15, 0.2) is 0 Å². The van der Waals surface area contributed by atoms with Crippen molar-refractivity contribution < 1.29 is 0 Å². The number of nitrogens with zero attached hydrogens (tertiary/aromatic N) is 5. The summed E-state index contributed by atoms with van der Waals surface area (Å²) in [5.41, 5.74) is 1.88. The second kappa shape index (κ2) is 5.03. The van der Waals surface area contributed by atoms with Crippen molar-refractivity contribution in [3.63, 3.8) is 0 Å². The Morgan fingerprint density at radius 2 is 1.90 bits per heavy atom. The van der Waals surface area contributed by atoms with Crippen molar-refractivity contribution in [2.24, 2.45) is 5.92 Å². The molecule has 0 spiro atoms. The quantitative estimate of drug-likeness (QED) is 0.825. The predicted octanol–water partition coefficient (Wildman–Crippen LogP) is 0.787. The van der Waals surface area contributed by atoms with Crippen molar-refractivity contribution in [2.75, 3.05) is 18.0 Å². The summed E-state index contributed by atoms with van der Waals surface area (Å²) in [5, 5.41) is 4.26. The summed E-state index contributed by atoms with van der Waals surface area (Å²) in [6.07, 6.45) is 3.64. The van der Waals surface area contributed by atoms with Gasteiger partial charge in [-0.15, -0.1) is 0 Å². The number of rotatable bonds is 3. The Hall–Kier alpha value is -2.24. The average molecular weight is 271 g/mol. The molecule has 3 heterocycles. The van der Waals surface area contributed by atoms with Gasteiger partial charge in [-0.2, -0.15) is 5.10 Å². The number of hydrogen-bond donors (Lipinski definition) is 0.